The fraction of sp³-hybridized carbons (Fsp3) is 0.667. The average molecular weight is 92.1 g/mol. The number of ketones is 1. The Morgan fingerprint density at radius 3 is 1.40 bits per heavy atom. The van der Waals surface area contributed by atoms with Crippen molar-refractivity contribution in [2.75, 3.05) is 0 Å². The molecule has 1 atom stereocenters. The molecule has 0 aliphatic rings. The Bertz CT molecular complexity index is 29.9. The van der Waals surface area contributed by atoms with Crippen molar-refractivity contribution in [3.63, 3.8) is 0 Å². The Morgan fingerprint density at radius 1 is 1.40 bits per heavy atom. The Kier molecular flexibility index (Phi) is 7.32. The summed E-state index contributed by atoms with van der Waals surface area (Å²) in [4.78, 5) is 9.44. The van der Waals surface area contributed by atoms with E-state index in [4.69, 9.17) is 0 Å². The molecular weight excluding hydrogens is 83.0 g/mol. The predicted molar refractivity (Wildman–Crippen MR) is 27.5 cm³/mol. The topological polar surface area (TPSA) is 17.1 Å². The zero-order valence-corrected chi connectivity index (χ0v) is 5.03. The van der Waals surface area contributed by atoms with Gasteiger partial charge in [0.15, 0.2) is 0 Å². The minimum atomic E-state index is 0. The number of hydrogen-bond acceptors (Lipinski definition) is 1. The number of carbonyl (C=O) groups is 1. The Morgan fingerprint density at radius 2 is 1.40 bits per heavy atom. The van der Waals surface area contributed by atoms with Gasteiger partial charge in [0.25, 0.3) is 0 Å². The summed E-state index contributed by atoms with van der Waals surface area (Å²) in [5, 5.41) is 0. The van der Waals surface area contributed by atoms with E-state index >= 15 is 0 Å². The van der Waals surface area contributed by atoms with Crippen LogP contribution in [0.5, 0.6) is 0 Å². The van der Waals surface area contributed by atoms with Crippen LogP contribution in [0, 0.1) is 0 Å². The fourth-order valence-corrected chi connectivity index (χ4v) is 0. The highest BCUT2D eigenvalue weighted by molar-refractivity contribution is 6.92. The molecule has 5 heavy (non-hydrogen) atoms. The Hall–Kier alpha value is 0.100. The van der Waals surface area contributed by atoms with Crippen molar-refractivity contribution < 1.29 is 4.79 Å². The van der Waals surface area contributed by atoms with Crippen molar-refractivity contribution in [2.45, 2.75) is 13.8 Å². The van der Waals surface area contributed by atoms with Gasteiger partial charge in [-0.15, -0.1) is 0 Å². The van der Waals surface area contributed by atoms with Crippen LogP contribution in [0.25, 0.3) is 0 Å². The first kappa shape index (κ1) is 8.92. The smallest absolute Gasteiger partial charge is 0.126 e. The van der Waals surface area contributed by atoms with E-state index in [2.05, 4.69) is 0 Å². The highest BCUT2D eigenvalue weighted by Crippen LogP contribution is 1.50. The van der Waals surface area contributed by atoms with Gasteiger partial charge in [-0.1, -0.05) is 0 Å². The third-order valence-electron chi connectivity index (χ3n) is 0. The van der Waals surface area contributed by atoms with E-state index in [1.807, 2.05) is 0 Å². The molecule has 0 N–H and O–H groups in total. The van der Waals surface area contributed by atoms with E-state index in [9.17, 15) is 4.79 Å². The first-order valence-corrected chi connectivity index (χ1v) is 1.20. The monoisotopic (exact) mass is 92.0 g/mol. The van der Waals surface area contributed by atoms with Gasteiger partial charge < -0.3 is 4.79 Å². The van der Waals surface area contributed by atoms with Gasteiger partial charge in [0, 0.05) is 0 Å². The molecule has 0 amide bonds. The van der Waals surface area contributed by atoms with Gasteiger partial charge in [-0.25, -0.2) is 0 Å². The fourth-order valence-electron chi connectivity index (χ4n) is 0. The molecule has 0 fully saturated rings. The summed E-state index contributed by atoms with van der Waals surface area (Å²) < 4.78 is 0. The zero-order chi connectivity index (χ0) is 3.58. The third kappa shape index (κ3) is 1810. The van der Waals surface area contributed by atoms with E-state index < -0.39 is 0 Å². The molecule has 2 heteroatoms. The summed E-state index contributed by atoms with van der Waals surface area (Å²) in [6, 6.07) is 0. The van der Waals surface area contributed by atoms with E-state index in [1.54, 1.807) is 0 Å². The number of Topliss-reactive ketones (excluding diaryl/α,β-unsaturated/α-hetero) is 1. The van der Waals surface area contributed by atoms with E-state index in [1.165, 1.54) is 13.8 Å². The minimum Gasteiger partial charge on any atom is -0.300 e. The number of rotatable bonds is 0. The van der Waals surface area contributed by atoms with Gasteiger partial charge in [-0.2, -0.15) is 9.90 Å². The van der Waals surface area contributed by atoms with Crippen molar-refractivity contribution >= 4 is 15.7 Å². The number of hydrogen-bond donors (Lipinski definition) is 0. The SMILES string of the molecule is CC(C)=O.P. The van der Waals surface area contributed by atoms with Crippen molar-refractivity contribution in [1.82, 2.24) is 0 Å². The van der Waals surface area contributed by atoms with Crippen LogP contribution >= 0.6 is 9.90 Å². The molecule has 0 aliphatic heterocycles. The molecule has 1 nitrogen and oxygen atoms in total. The van der Waals surface area contributed by atoms with Crippen LogP contribution in [-0.4, -0.2) is 5.78 Å². The molecule has 0 aliphatic carbocycles. The quantitative estimate of drug-likeness (QED) is 0.401. The van der Waals surface area contributed by atoms with Crippen LogP contribution in [0.2, 0.25) is 0 Å². The molecule has 0 spiro atoms. The van der Waals surface area contributed by atoms with E-state index in [0.29, 0.717) is 0 Å². The van der Waals surface area contributed by atoms with Crippen LogP contribution in [-0.2, 0) is 4.79 Å². The van der Waals surface area contributed by atoms with Crippen molar-refractivity contribution in [3.8, 4) is 0 Å². The molecule has 1 unspecified atom stereocenters. The van der Waals surface area contributed by atoms with Crippen molar-refractivity contribution in [1.29, 1.82) is 0 Å². The van der Waals surface area contributed by atoms with Crippen LogP contribution in [0.15, 0.2) is 0 Å². The average Bonchev–Trinajstić information content (AvgIpc) is 0.811. The summed E-state index contributed by atoms with van der Waals surface area (Å²) in [5.74, 6) is 0.167. The van der Waals surface area contributed by atoms with E-state index in [0.717, 1.165) is 0 Å². The predicted octanol–water partition coefficient (Wildman–Crippen LogP) is 0.653. The summed E-state index contributed by atoms with van der Waals surface area (Å²) in [6.07, 6.45) is 0. The van der Waals surface area contributed by atoms with Crippen molar-refractivity contribution in [2.24, 2.45) is 0 Å². The Balaban J connectivity index is 0. The zero-order valence-electron chi connectivity index (χ0n) is 3.62. The highest BCUT2D eigenvalue weighted by atomic mass is 31.0. The summed E-state index contributed by atoms with van der Waals surface area (Å²) in [7, 11) is 0. The molecule has 0 radical (unpaired) electrons. The first-order valence-electron chi connectivity index (χ1n) is 1.20. The maximum absolute atomic E-state index is 9.44. The molecule has 0 bridgehead atoms. The van der Waals surface area contributed by atoms with Gasteiger partial charge in [0.2, 0.25) is 0 Å². The van der Waals surface area contributed by atoms with Crippen LogP contribution < -0.4 is 0 Å². The second kappa shape index (κ2) is 4.10. The van der Waals surface area contributed by atoms with Crippen LogP contribution in [0.4, 0.5) is 0 Å². The summed E-state index contributed by atoms with van der Waals surface area (Å²) in [5.41, 5.74) is 0. The molecule has 0 saturated heterocycles. The maximum Gasteiger partial charge on any atom is 0.126 e. The molecular formula is C3H9OP. The molecule has 0 rings (SSSR count). The van der Waals surface area contributed by atoms with Gasteiger partial charge in [0.05, 0.1) is 0 Å². The minimum absolute atomic E-state index is 0. The summed E-state index contributed by atoms with van der Waals surface area (Å²) in [6.45, 7) is 3.06. The normalized spacial score (nSPS) is 5.20. The van der Waals surface area contributed by atoms with Crippen LogP contribution in [0.3, 0.4) is 0 Å². The largest absolute Gasteiger partial charge is 0.300 e. The van der Waals surface area contributed by atoms with Gasteiger partial charge in [-0.05, 0) is 13.8 Å². The summed E-state index contributed by atoms with van der Waals surface area (Å²) >= 11 is 0. The maximum atomic E-state index is 9.44. The first-order chi connectivity index (χ1) is 1.73. The standard InChI is InChI=1S/C3H6O.H3P/c1-3(2)4;/h1-2H3;1H3. The number of carbonyl (C=O) groups excluding carboxylic acids is 1. The van der Waals surface area contributed by atoms with Crippen molar-refractivity contribution in [3.05, 3.63) is 0 Å². The molecule has 0 heterocycles. The second-order valence-corrected chi connectivity index (χ2v) is 0.908. The second-order valence-electron chi connectivity index (χ2n) is 0.908. The van der Waals surface area contributed by atoms with Gasteiger partial charge in [0.1, 0.15) is 5.78 Å². The van der Waals surface area contributed by atoms with Crippen LogP contribution in [0.1, 0.15) is 13.8 Å². The third-order valence-corrected chi connectivity index (χ3v) is 0. The molecule has 0 aromatic rings. The lowest BCUT2D eigenvalue weighted by Crippen LogP contribution is -1.69. The Labute approximate surface area is 35.4 Å². The molecule has 0 saturated carbocycles. The molecule has 0 aromatic carbocycles. The van der Waals surface area contributed by atoms with Gasteiger partial charge in [-0.3, -0.25) is 0 Å². The molecule has 32 valence electrons. The lowest BCUT2D eigenvalue weighted by molar-refractivity contribution is -0.114. The molecule has 0 aromatic heterocycles. The lowest BCUT2D eigenvalue weighted by atomic mass is 10.6. The highest BCUT2D eigenvalue weighted by Gasteiger charge is 1.62. The van der Waals surface area contributed by atoms with Gasteiger partial charge >= 0.3 is 0 Å². The van der Waals surface area contributed by atoms with E-state index in [-0.39, 0.29) is 15.7 Å². The lowest BCUT2D eigenvalue weighted by Gasteiger charge is -1.56.